The molecule has 14 heteroatoms. The SMILES string of the molecule is CC(C)(C)C(=O)O[C@H]1C[C@H](n2cc(F)c(=O)[nH]c2=O)O[C@@H]1CO[P+]1(O)OCCC(c2cccc(Cl)c2)O1. The number of hydrogen-bond acceptors (Lipinski definition) is 9. The second-order valence-corrected chi connectivity index (χ2v) is 11.8. The zero-order valence-electron chi connectivity index (χ0n) is 20.4. The highest BCUT2D eigenvalue weighted by molar-refractivity contribution is 7.55. The Morgan fingerprint density at radius 2 is 2.11 bits per heavy atom. The minimum Gasteiger partial charge on any atom is -0.459 e. The van der Waals surface area contributed by atoms with Gasteiger partial charge in [0.1, 0.15) is 37.8 Å². The number of H-pyrrole nitrogens is 1. The van der Waals surface area contributed by atoms with E-state index >= 15 is 0 Å². The molecule has 2 unspecified atom stereocenters. The first-order chi connectivity index (χ1) is 17.3. The molecule has 0 aliphatic carbocycles. The average Bonchev–Trinajstić information content (AvgIpc) is 3.22. The van der Waals surface area contributed by atoms with Crippen molar-refractivity contribution >= 4 is 25.7 Å². The van der Waals surface area contributed by atoms with E-state index in [2.05, 4.69) is 0 Å². The molecule has 202 valence electrons. The predicted molar refractivity (Wildman–Crippen MR) is 130 cm³/mol. The maximum atomic E-state index is 13.9. The van der Waals surface area contributed by atoms with E-state index in [1.165, 1.54) is 0 Å². The van der Waals surface area contributed by atoms with Crippen LogP contribution in [0.3, 0.4) is 0 Å². The fraction of sp³-hybridized carbons (Fsp3) is 0.522. The number of benzene rings is 1. The van der Waals surface area contributed by atoms with Gasteiger partial charge in [-0.05, 0) is 38.5 Å². The van der Waals surface area contributed by atoms with E-state index in [-0.39, 0.29) is 19.6 Å². The number of hydrogen-bond donors (Lipinski definition) is 2. The summed E-state index contributed by atoms with van der Waals surface area (Å²) in [4.78, 5) is 49.1. The molecule has 3 heterocycles. The van der Waals surface area contributed by atoms with E-state index in [9.17, 15) is 23.7 Å². The summed E-state index contributed by atoms with van der Waals surface area (Å²) >= 11 is 6.07. The van der Waals surface area contributed by atoms with Crippen molar-refractivity contribution in [3.8, 4) is 0 Å². The Hall–Kier alpha value is -2.18. The second-order valence-electron chi connectivity index (χ2n) is 9.74. The molecule has 0 radical (unpaired) electrons. The first-order valence-corrected chi connectivity index (χ1v) is 13.4. The highest BCUT2D eigenvalue weighted by Gasteiger charge is 2.53. The highest BCUT2D eigenvalue weighted by atomic mass is 35.5. The zero-order chi connectivity index (χ0) is 27.0. The topological polar surface area (TPSA) is 138 Å². The van der Waals surface area contributed by atoms with Gasteiger partial charge in [0.15, 0.2) is 0 Å². The number of esters is 1. The fourth-order valence-corrected chi connectivity index (χ4v) is 5.44. The number of ether oxygens (including phenoxy) is 2. The highest BCUT2D eigenvalue weighted by Crippen LogP contribution is 2.64. The summed E-state index contributed by atoms with van der Waals surface area (Å²) < 4.78 is 43.0. The number of nitrogens with zero attached hydrogens (tertiary/aromatic N) is 1. The zero-order valence-corrected chi connectivity index (χ0v) is 22.0. The molecule has 0 bridgehead atoms. The van der Waals surface area contributed by atoms with Gasteiger partial charge in [0.25, 0.3) is 5.56 Å². The molecule has 2 aliphatic heterocycles. The predicted octanol–water partition coefficient (Wildman–Crippen LogP) is 3.44. The minimum absolute atomic E-state index is 0.0367. The summed E-state index contributed by atoms with van der Waals surface area (Å²) in [6.45, 7) is 4.84. The Kier molecular flexibility index (Phi) is 8.20. The maximum Gasteiger partial charge on any atom is 0.573 e. The lowest BCUT2D eigenvalue weighted by molar-refractivity contribution is -0.162. The van der Waals surface area contributed by atoms with E-state index in [1.54, 1.807) is 45.0 Å². The van der Waals surface area contributed by atoms with Crippen LogP contribution in [-0.2, 0) is 27.8 Å². The van der Waals surface area contributed by atoms with Crippen LogP contribution in [0.5, 0.6) is 0 Å². The summed E-state index contributed by atoms with van der Waals surface area (Å²) in [6.07, 6.45) is -2.35. The van der Waals surface area contributed by atoms with Crippen LogP contribution in [0.1, 0.15) is 51.5 Å². The van der Waals surface area contributed by atoms with Crippen molar-refractivity contribution in [1.82, 2.24) is 9.55 Å². The Bertz CT molecular complexity index is 1270. The third-order valence-electron chi connectivity index (χ3n) is 5.80. The van der Waals surface area contributed by atoms with Crippen molar-refractivity contribution in [2.75, 3.05) is 13.2 Å². The summed E-state index contributed by atoms with van der Waals surface area (Å²) in [6, 6.07) is 7.00. The normalized spacial score (nSPS) is 28.3. The number of carbonyl (C=O) groups is 1. The number of carbonyl (C=O) groups excluding carboxylic acids is 1. The first-order valence-electron chi connectivity index (χ1n) is 11.6. The molecule has 0 spiro atoms. The van der Waals surface area contributed by atoms with Crippen molar-refractivity contribution < 1.29 is 37.1 Å². The first kappa shape index (κ1) is 27.8. The smallest absolute Gasteiger partial charge is 0.459 e. The van der Waals surface area contributed by atoms with Crippen LogP contribution in [0, 0.1) is 11.2 Å². The van der Waals surface area contributed by atoms with Crippen molar-refractivity contribution in [2.24, 2.45) is 5.41 Å². The van der Waals surface area contributed by atoms with Crippen LogP contribution in [-0.4, -0.2) is 45.8 Å². The summed E-state index contributed by atoms with van der Waals surface area (Å²) in [5, 5.41) is 0.512. The van der Waals surface area contributed by atoms with Crippen LogP contribution in [0.4, 0.5) is 4.39 Å². The van der Waals surface area contributed by atoms with E-state index in [0.29, 0.717) is 11.4 Å². The third-order valence-corrected chi connectivity index (χ3v) is 7.54. The van der Waals surface area contributed by atoms with Gasteiger partial charge in [-0.3, -0.25) is 19.1 Å². The molecule has 0 saturated carbocycles. The molecule has 4 rings (SSSR count). The van der Waals surface area contributed by atoms with E-state index < -0.39 is 61.2 Å². The lowest BCUT2D eigenvalue weighted by Crippen LogP contribution is -2.35. The van der Waals surface area contributed by atoms with Crippen molar-refractivity contribution in [2.45, 2.75) is 58.2 Å². The molecule has 2 aromatic rings. The average molecular weight is 562 g/mol. The minimum atomic E-state index is -3.80. The van der Waals surface area contributed by atoms with E-state index in [0.717, 1.165) is 16.3 Å². The molecular weight excluding hydrogens is 534 g/mol. The lowest BCUT2D eigenvalue weighted by Gasteiger charge is -2.27. The van der Waals surface area contributed by atoms with E-state index in [1.807, 2.05) is 4.98 Å². The molecule has 5 atom stereocenters. The van der Waals surface area contributed by atoms with Crippen LogP contribution in [0.15, 0.2) is 40.1 Å². The van der Waals surface area contributed by atoms with Gasteiger partial charge < -0.3 is 9.47 Å². The quantitative estimate of drug-likeness (QED) is 0.401. The third kappa shape index (κ3) is 6.64. The number of halogens is 2. The van der Waals surface area contributed by atoms with Crippen molar-refractivity contribution in [3.63, 3.8) is 0 Å². The summed E-state index contributed by atoms with van der Waals surface area (Å²) in [7, 11) is -3.80. The standard InChI is InChI=1S/C23H27ClFN2O9P/c1-23(2,3)21(29)35-17-10-19(27-11-15(25)20(28)26-22(27)30)34-18(17)12-33-37(31)32-8-7-16(36-37)13-5-4-6-14(24)9-13/h4-6,9,11,16-19,31H,7-8,10,12H2,1-3H3/p+1/t16?,17-,18+,19+,37?/m0/s1. The summed E-state index contributed by atoms with van der Waals surface area (Å²) in [5.74, 6) is -1.71. The molecular formula is C23H28ClFN2O9P+. The lowest BCUT2D eigenvalue weighted by atomic mass is 9.97. The van der Waals surface area contributed by atoms with E-state index in [4.69, 9.17) is 34.6 Å². The Balaban J connectivity index is 1.50. The molecule has 2 fully saturated rings. The van der Waals surface area contributed by atoms with Crippen molar-refractivity contribution in [1.29, 1.82) is 0 Å². The Morgan fingerprint density at radius 1 is 1.35 bits per heavy atom. The molecule has 37 heavy (non-hydrogen) atoms. The van der Waals surface area contributed by atoms with Gasteiger partial charge in [0.2, 0.25) is 5.82 Å². The van der Waals surface area contributed by atoms with Crippen LogP contribution in [0.25, 0.3) is 0 Å². The fourth-order valence-electron chi connectivity index (χ4n) is 3.82. The summed E-state index contributed by atoms with van der Waals surface area (Å²) in [5.41, 5.74) is -2.16. The van der Waals surface area contributed by atoms with Gasteiger partial charge in [-0.1, -0.05) is 23.7 Å². The van der Waals surface area contributed by atoms with Gasteiger partial charge >= 0.3 is 19.8 Å². The molecule has 2 aliphatic rings. The molecule has 0 amide bonds. The number of aromatic nitrogens is 2. The second kappa shape index (κ2) is 10.9. The largest absolute Gasteiger partial charge is 0.573 e. The number of nitrogens with one attached hydrogen (secondary N) is 1. The molecule has 11 nitrogen and oxygen atoms in total. The Morgan fingerprint density at radius 3 is 2.81 bits per heavy atom. The molecule has 1 aromatic carbocycles. The Labute approximate surface area is 217 Å². The van der Waals surface area contributed by atoms with Crippen LogP contribution in [0.2, 0.25) is 5.02 Å². The van der Waals surface area contributed by atoms with Crippen LogP contribution >= 0.6 is 19.8 Å². The number of rotatable bonds is 6. The van der Waals surface area contributed by atoms with Gasteiger partial charge in [-0.25, -0.2) is 4.79 Å². The van der Waals surface area contributed by atoms with Crippen LogP contribution < -0.4 is 11.2 Å². The van der Waals surface area contributed by atoms with Gasteiger partial charge in [-0.2, -0.15) is 18.3 Å². The van der Waals surface area contributed by atoms with Gasteiger partial charge in [0, 0.05) is 17.9 Å². The maximum absolute atomic E-state index is 13.9. The molecule has 1 aromatic heterocycles. The van der Waals surface area contributed by atoms with Gasteiger partial charge in [0.05, 0.1) is 11.6 Å². The van der Waals surface area contributed by atoms with Crippen molar-refractivity contribution in [3.05, 3.63) is 67.7 Å². The monoisotopic (exact) mass is 561 g/mol. The molecule has 2 N–H and O–H groups in total. The van der Waals surface area contributed by atoms with Gasteiger partial charge in [-0.15, -0.1) is 4.52 Å². The molecule has 2 saturated heterocycles. The number of aromatic amines is 1.